The lowest BCUT2D eigenvalue weighted by Gasteiger charge is -2.22. The van der Waals surface area contributed by atoms with E-state index in [2.05, 4.69) is 5.32 Å². The number of hydrogen-bond acceptors (Lipinski definition) is 4. The molecule has 1 aromatic carbocycles. The van der Waals surface area contributed by atoms with Gasteiger partial charge in [-0.05, 0) is 37.5 Å². The molecule has 1 amide bonds. The molecule has 1 unspecified atom stereocenters. The van der Waals surface area contributed by atoms with Crippen molar-refractivity contribution in [3.63, 3.8) is 0 Å². The first-order chi connectivity index (χ1) is 10.1. The van der Waals surface area contributed by atoms with Crippen LogP contribution in [0.1, 0.15) is 28.9 Å². The van der Waals surface area contributed by atoms with Crippen LogP contribution in [0.3, 0.4) is 0 Å². The van der Waals surface area contributed by atoms with Gasteiger partial charge in [0.15, 0.2) is 0 Å². The Bertz CT molecular complexity index is 665. The zero-order valence-corrected chi connectivity index (χ0v) is 13.1. The lowest BCUT2D eigenvalue weighted by molar-refractivity contribution is 0.0169. The van der Waals surface area contributed by atoms with Gasteiger partial charge in [0.05, 0.1) is 11.8 Å². The Labute approximate surface area is 132 Å². The fourth-order valence-electron chi connectivity index (χ4n) is 2.51. The Balaban J connectivity index is 1.73. The minimum atomic E-state index is -0.140. The van der Waals surface area contributed by atoms with E-state index in [-0.39, 0.29) is 12.0 Å². The average molecular weight is 325 g/mol. The van der Waals surface area contributed by atoms with Crippen molar-refractivity contribution >= 4 is 44.6 Å². The molecule has 2 heterocycles. The summed E-state index contributed by atoms with van der Waals surface area (Å²) in [7, 11) is 0. The number of fused-ring (bicyclic) bond motifs is 1. The number of amides is 1. The number of ether oxygens (including phenoxy) is 1. The number of anilines is 1. The van der Waals surface area contributed by atoms with E-state index in [1.165, 1.54) is 11.3 Å². The van der Waals surface area contributed by atoms with Crippen LogP contribution in [0.4, 0.5) is 5.69 Å². The standard InChI is InChI=1S/C15H17ClN2O2S/c16-9-4-5-11-12(7-9)21-14(13(11)17)15(19)18-8-10-3-1-2-6-20-10/h4-5,7,10H,1-3,6,8,17H2,(H,18,19). The van der Waals surface area contributed by atoms with E-state index < -0.39 is 0 Å². The summed E-state index contributed by atoms with van der Waals surface area (Å²) in [5.41, 5.74) is 6.60. The van der Waals surface area contributed by atoms with Gasteiger partial charge < -0.3 is 15.8 Å². The topological polar surface area (TPSA) is 64.4 Å². The lowest BCUT2D eigenvalue weighted by atomic mass is 10.1. The number of carbonyl (C=O) groups is 1. The summed E-state index contributed by atoms with van der Waals surface area (Å²) < 4.78 is 6.54. The minimum Gasteiger partial charge on any atom is -0.397 e. The van der Waals surface area contributed by atoms with Crippen LogP contribution in [-0.2, 0) is 4.74 Å². The van der Waals surface area contributed by atoms with Crippen molar-refractivity contribution in [1.82, 2.24) is 5.32 Å². The molecule has 4 nitrogen and oxygen atoms in total. The van der Waals surface area contributed by atoms with Gasteiger partial charge in [0.2, 0.25) is 0 Å². The maximum absolute atomic E-state index is 12.3. The van der Waals surface area contributed by atoms with Crippen LogP contribution in [0, 0.1) is 0 Å². The second-order valence-electron chi connectivity index (χ2n) is 5.18. The molecule has 1 aromatic heterocycles. The van der Waals surface area contributed by atoms with Crippen LogP contribution in [0.15, 0.2) is 18.2 Å². The van der Waals surface area contributed by atoms with E-state index in [1.54, 1.807) is 6.07 Å². The molecule has 1 fully saturated rings. The maximum Gasteiger partial charge on any atom is 0.263 e. The molecule has 3 rings (SSSR count). The molecular weight excluding hydrogens is 308 g/mol. The van der Waals surface area contributed by atoms with Gasteiger partial charge in [0.1, 0.15) is 4.88 Å². The normalized spacial score (nSPS) is 18.8. The molecule has 1 saturated heterocycles. The Kier molecular flexibility index (Phi) is 4.33. The number of halogens is 1. The van der Waals surface area contributed by atoms with Crippen LogP contribution in [0.2, 0.25) is 5.02 Å². The second-order valence-corrected chi connectivity index (χ2v) is 6.67. The number of nitrogens with two attached hydrogens (primary N) is 1. The van der Waals surface area contributed by atoms with E-state index >= 15 is 0 Å². The van der Waals surface area contributed by atoms with Crippen molar-refractivity contribution < 1.29 is 9.53 Å². The van der Waals surface area contributed by atoms with Crippen LogP contribution >= 0.6 is 22.9 Å². The van der Waals surface area contributed by atoms with Crippen molar-refractivity contribution in [3.8, 4) is 0 Å². The van der Waals surface area contributed by atoms with Crippen LogP contribution in [-0.4, -0.2) is 25.2 Å². The van der Waals surface area contributed by atoms with Crippen molar-refractivity contribution in [3.05, 3.63) is 28.1 Å². The summed E-state index contributed by atoms with van der Waals surface area (Å²) in [6.45, 7) is 1.32. The van der Waals surface area contributed by atoms with Crippen molar-refractivity contribution in [2.24, 2.45) is 0 Å². The third kappa shape index (κ3) is 3.15. The molecule has 0 spiro atoms. The zero-order chi connectivity index (χ0) is 14.8. The fraction of sp³-hybridized carbons (Fsp3) is 0.400. The quantitative estimate of drug-likeness (QED) is 0.909. The summed E-state index contributed by atoms with van der Waals surface area (Å²) in [5.74, 6) is -0.140. The Hall–Kier alpha value is -1.30. The smallest absolute Gasteiger partial charge is 0.263 e. The Morgan fingerprint density at radius 2 is 2.33 bits per heavy atom. The van der Waals surface area contributed by atoms with E-state index in [9.17, 15) is 4.79 Å². The van der Waals surface area contributed by atoms with Gasteiger partial charge >= 0.3 is 0 Å². The van der Waals surface area contributed by atoms with E-state index in [0.717, 1.165) is 36.0 Å². The number of hydrogen-bond donors (Lipinski definition) is 2. The van der Waals surface area contributed by atoms with Gasteiger partial charge in [-0.2, -0.15) is 0 Å². The van der Waals surface area contributed by atoms with Crippen LogP contribution in [0.25, 0.3) is 10.1 Å². The Morgan fingerprint density at radius 3 is 3.10 bits per heavy atom. The lowest BCUT2D eigenvalue weighted by Crippen LogP contribution is -2.35. The number of benzene rings is 1. The molecule has 1 aliphatic heterocycles. The summed E-state index contributed by atoms with van der Waals surface area (Å²) in [5, 5.41) is 4.44. The molecule has 21 heavy (non-hydrogen) atoms. The molecule has 1 aliphatic rings. The number of rotatable bonds is 3. The fourth-order valence-corrected chi connectivity index (χ4v) is 3.83. The van der Waals surface area contributed by atoms with E-state index in [0.29, 0.717) is 22.1 Å². The van der Waals surface area contributed by atoms with Gasteiger partial charge in [-0.15, -0.1) is 11.3 Å². The van der Waals surface area contributed by atoms with Crippen molar-refractivity contribution in [2.75, 3.05) is 18.9 Å². The summed E-state index contributed by atoms with van der Waals surface area (Å²) in [6.07, 6.45) is 3.38. The third-order valence-corrected chi connectivity index (χ3v) is 5.06. The van der Waals surface area contributed by atoms with Gasteiger partial charge in [0.25, 0.3) is 5.91 Å². The molecule has 112 valence electrons. The number of nitrogens with one attached hydrogen (secondary N) is 1. The zero-order valence-electron chi connectivity index (χ0n) is 11.5. The van der Waals surface area contributed by atoms with Crippen molar-refractivity contribution in [1.29, 1.82) is 0 Å². The SMILES string of the molecule is Nc1c(C(=O)NCC2CCCCO2)sc2cc(Cl)ccc12. The molecule has 0 radical (unpaired) electrons. The van der Waals surface area contributed by atoms with Gasteiger partial charge in [-0.25, -0.2) is 0 Å². The number of nitrogen functional groups attached to an aromatic ring is 1. The number of thiophene rings is 1. The second kappa shape index (κ2) is 6.22. The van der Waals surface area contributed by atoms with Gasteiger partial charge in [0, 0.05) is 28.3 Å². The predicted molar refractivity (Wildman–Crippen MR) is 87.2 cm³/mol. The monoisotopic (exact) mass is 324 g/mol. The molecular formula is C15H17ClN2O2S. The first-order valence-corrected chi connectivity index (χ1v) is 8.22. The van der Waals surface area contributed by atoms with E-state index in [1.807, 2.05) is 12.1 Å². The summed E-state index contributed by atoms with van der Waals surface area (Å²) in [6, 6.07) is 5.47. The first-order valence-electron chi connectivity index (χ1n) is 7.02. The number of carbonyl (C=O) groups excluding carboxylic acids is 1. The highest BCUT2D eigenvalue weighted by Crippen LogP contribution is 2.35. The van der Waals surface area contributed by atoms with Gasteiger partial charge in [-0.3, -0.25) is 4.79 Å². The third-order valence-electron chi connectivity index (χ3n) is 3.66. The minimum absolute atomic E-state index is 0.118. The highest BCUT2D eigenvalue weighted by atomic mass is 35.5. The molecule has 3 N–H and O–H groups in total. The van der Waals surface area contributed by atoms with Gasteiger partial charge in [-0.1, -0.05) is 11.6 Å². The molecule has 6 heteroatoms. The Morgan fingerprint density at radius 1 is 1.48 bits per heavy atom. The molecule has 1 atom stereocenters. The highest BCUT2D eigenvalue weighted by Gasteiger charge is 2.19. The average Bonchev–Trinajstić information content (AvgIpc) is 2.82. The summed E-state index contributed by atoms with van der Waals surface area (Å²) >= 11 is 7.34. The maximum atomic E-state index is 12.3. The largest absolute Gasteiger partial charge is 0.397 e. The molecule has 0 bridgehead atoms. The molecule has 2 aromatic rings. The molecule has 0 saturated carbocycles. The summed E-state index contributed by atoms with van der Waals surface area (Å²) in [4.78, 5) is 12.8. The van der Waals surface area contributed by atoms with Crippen molar-refractivity contribution in [2.45, 2.75) is 25.4 Å². The predicted octanol–water partition coefficient (Wildman–Crippen LogP) is 3.44. The molecule has 0 aliphatic carbocycles. The highest BCUT2D eigenvalue weighted by molar-refractivity contribution is 7.21. The van der Waals surface area contributed by atoms with Crippen LogP contribution in [0.5, 0.6) is 0 Å². The van der Waals surface area contributed by atoms with Crippen LogP contribution < -0.4 is 11.1 Å². The first kappa shape index (κ1) is 14.6. The van der Waals surface area contributed by atoms with E-state index in [4.69, 9.17) is 22.1 Å².